The van der Waals surface area contributed by atoms with Crippen LogP contribution in [0.5, 0.6) is 5.75 Å². The molecule has 0 aliphatic rings. The van der Waals surface area contributed by atoms with Crippen molar-refractivity contribution in [3.8, 4) is 17.0 Å². The number of nitrogens with zero attached hydrogens (tertiary/aromatic N) is 2. The third-order valence-electron chi connectivity index (χ3n) is 3.06. The molecule has 1 N–H and O–H groups in total. The topological polar surface area (TPSA) is 59.6 Å². The zero-order chi connectivity index (χ0) is 15.4. The highest BCUT2D eigenvalue weighted by atomic mass is 32.1. The van der Waals surface area contributed by atoms with E-state index in [0.29, 0.717) is 5.76 Å². The number of rotatable bonds is 5. The number of hydrazone groups is 1. The average molecular weight is 313 g/mol. The molecule has 3 rings (SSSR count). The van der Waals surface area contributed by atoms with Gasteiger partial charge in [0.1, 0.15) is 11.5 Å². The molecule has 2 aromatic heterocycles. The third-order valence-corrected chi connectivity index (χ3v) is 3.93. The molecule has 0 aliphatic carbocycles. The molecule has 5 nitrogen and oxygen atoms in total. The molecule has 0 fully saturated rings. The lowest BCUT2D eigenvalue weighted by molar-refractivity contribution is 0.415. The highest BCUT2D eigenvalue weighted by Crippen LogP contribution is 2.31. The summed E-state index contributed by atoms with van der Waals surface area (Å²) in [6.07, 6.45) is 3.22. The lowest BCUT2D eigenvalue weighted by Crippen LogP contribution is -1.89. The van der Waals surface area contributed by atoms with Gasteiger partial charge in [0.2, 0.25) is 5.13 Å². The smallest absolute Gasteiger partial charge is 0.204 e. The molecule has 22 heavy (non-hydrogen) atoms. The van der Waals surface area contributed by atoms with E-state index in [-0.39, 0.29) is 0 Å². The largest absolute Gasteiger partial charge is 0.497 e. The molecule has 0 unspecified atom stereocenters. The van der Waals surface area contributed by atoms with E-state index in [1.54, 1.807) is 30.9 Å². The van der Waals surface area contributed by atoms with Crippen molar-refractivity contribution in [3.05, 3.63) is 53.3 Å². The zero-order valence-corrected chi connectivity index (χ0v) is 13.1. The van der Waals surface area contributed by atoms with E-state index in [4.69, 9.17) is 9.15 Å². The summed E-state index contributed by atoms with van der Waals surface area (Å²) < 4.78 is 10.3. The predicted molar refractivity (Wildman–Crippen MR) is 88.8 cm³/mol. The second kappa shape index (κ2) is 6.44. The number of aromatic nitrogens is 1. The quantitative estimate of drug-likeness (QED) is 0.567. The van der Waals surface area contributed by atoms with Crippen LogP contribution >= 0.6 is 11.3 Å². The molecule has 0 radical (unpaired) electrons. The zero-order valence-electron chi connectivity index (χ0n) is 12.2. The van der Waals surface area contributed by atoms with Gasteiger partial charge in [0.05, 0.1) is 25.3 Å². The van der Waals surface area contributed by atoms with Gasteiger partial charge in [0, 0.05) is 10.4 Å². The number of hydrogen-bond acceptors (Lipinski definition) is 6. The number of aryl methyl sites for hydroxylation is 1. The van der Waals surface area contributed by atoms with Crippen LogP contribution in [0.2, 0.25) is 0 Å². The van der Waals surface area contributed by atoms with Crippen molar-refractivity contribution in [1.82, 2.24) is 4.98 Å². The van der Waals surface area contributed by atoms with Gasteiger partial charge in [-0.1, -0.05) is 0 Å². The second-order valence-corrected chi connectivity index (χ2v) is 5.74. The second-order valence-electron chi connectivity index (χ2n) is 4.54. The Labute approximate surface area is 132 Å². The Bertz CT molecular complexity index is 761. The van der Waals surface area contributed by atoms with Gasteiger partial charge in [-0.2, -0.15) is 5.10 Å². The molecule has 2 heterocycles. The first kappa shape index (κ1) is 14.3. The van der Waals surface area contributed by atoms with Crippen LogP contribution in [0.1, 0.15) is 10.6 Å². The van der Waals surface area contributed by atoms with Gasteiger partial charge in [0.15, 0.2) is 0 Å². The van der Waals surface area contributed by atoms with Gasteiger partial charge in [-0.05, 0) is 43.3 Å². The van der Waals surface area contributed by atoms with Crippen molar-refractivity contribution >= 4 is 22.7 Å². The van der Waals surface area contributed by atoms with E-state index in [2.05, 4.69) is 15.5 Å². The summed E-state index contributed by atoms with van der Waals surface area (Å²) in [6, 6.07) is 11.5. The minimum absolute atomic E-state index is 0.691. The van der Waals surface area contributed by atoms with Crippen molar-refractivity contribution < 1.29 is 9.15 Å². The van der Waals surface area contributed by atoms with E-state index in [0.717, 1.165) is 27.0 Å². The van der Waals surface area contributed by atoms with Crippen LogP contribution in [0, 0.1) is 6.92 Å². The first-order valence-electron chi connectivity index (χ1n) is 6.70. The summed E-state index contributed by atoms with van der Waals surface area (Å²) in [6.45, 7) is 2.04. The van der Waals surface area contributed by atoms with Crippen molar-refractivity contribution in [3.63, 3.8) is 0 Å². The molecular formula is C16H15N3O2S. The highest BCUT2D eigenvalue weighted by molar-refractivity contribution is 7.15. The Morgan fingerprint density at radius 2 is 2.09 bits per heavy atom. The molecular weight excluding hydrogens is 298 g/mol. The lowest BCUT2D eigenvalue weighted by atomic mass is 10.1. The summed E-state index contributed by atoms with van der Waals surface area (Å²) in [4.78, 5) is 5.70. The summed E-state index contributed by atoms with van der Waals surface area (Å²) in [7, 11) is 1.65. The fourth-order valence-corrected chi connectivity index (χ4v) is 2.76. The minimum Gasteiger partial charge on any atom is -0.497 e. The Morgan fingerprint density at radius 3 is 2.77 bits per heavy atom. The molecule has 1 aromatic carbocycles. The highest BCUT2D eigenvalue weighted by Gasteiger charge is 2.09. The number of benzene rings is 1. The Kier molecular flexibility index (Phi) is 4.20. The van der Waals surface area contributed by atoms with E-state index in [9.17, 15) is 0 Å². The molecule has 6 heteroatoms. The molecule has 0 aliphatic heterocycles. The molecule has 112 valence electrons. The number of ether oxygens (including phenoxy) is 1. The predicted octanol–water partition coefficient (Wildman–Crippen LogP) is 4.17. The number of nitrogens with one attached hydrogen (secondary N) is 1. The summed E-state index contributed by atoms with van der Waals surface area (Å²) >= 11 is 1.56. The number of thiazole rings is 1. The SMILES string of the molecule is COc1ccc(-c2nc(N/N=C/c3ccco3)sc2C)cc1. The van der Waals surface area contributed by atoms with Crippen LogP contribution in [0.25, 0.3) is 11.3 Å². The van der Waals surface area contributed by atoms with Crippen LogP contribution in [0.3, 0.4) is 0 Å². The van der Waals surface area contributed by atoms with Crippen molar-refractivity contribution in [1.29, 1.82) is 0 Å². The van der Waals surface area contributed by atoms with Crippen LogP contribution in [0.15, 0.2) is 52.2 Å². The molecule has 3 aromatic rings. The van der Waals surface area contributed by atoms with Crippen LogP contribution in [0.4, 0.5) is 5.13 Å². The molecule has 0 spiro atoms. The lowest BCUT2D eigenvalue weighted by Gasteiger charge is -2.01. The Hall–Kier alpha value is -2.60. The van der Waals surface area contributed by atoms with Crippen LogP contribution in [-0.4, -0.2) is 18.3 Å². The minimum atomic E-state index is 0.691. The summed E-state index contributed by atoms with van der Waals surface area (Å²) in [5, 5.41) is 4.86. The molecule has 0 bridgehead atoms. The van der Waals surface area contributed by atoms with E-state index >= 15 is 0 Å². The van der Waals surface area contributed by atoms with Gasteiger partial charge in [-0.3, -0.25) is 5.43 Å². The maximum Gasteiger partial charge on any atom is 0.204 e. The van der Waals surface area contributed by atoms with E-state index in [1.165, 1.54) is 0 Å². The van der Waals surface area contributed by atoms with Crippen molar-refractivity contribution in [2.45, 2.75) is 6.92 Å². The molecule has 0 saturated carbocycles. The molecule has 0 atom stereocenters. The van der Waals surface area contributed by atoms with Gasteiger partial charge in [0.25, 0.3) is 0 Å². The average Bonchev–Trinajstić information content (AvgIpc) is 3.17. The van der Waals surface area contributed by atoms with Gasteiger partial charge < -0.3 is 9.15 Å². The van der Waals surface area contributed by atoms with Crippen LogP contribution < -0.4 is 10.2 Å². The number of anilines is 1. The van der Waals surface area contributed by atoms with E-state index in [1.807, 2.05) is 43.3 Å². The maximum atomic E-state index is 5.17. The number of hydrogen-bond donors (Lipinski definition) is 1. The van der Waals surface area contributed by atoms with Crippen molar-refractivity contribution in [2.24, 2.45) is 5.10 Å². The third kappa shape index (κ3) is 3.17. The van der Waals surface area contributed by atoms with Crippen LogP contribution in [-0.2, 0) is 0 Å². The summed E-state index contributed by atoms with van der Waals surface area (Å²) in [5.74, 6) is 1.52. The summed E-state index contributed by atoms with van der Waals surface area (Å²) in [5.41, 5.74) is 4.93. The normalized spacial score (nSPS) is 11.0. The van der Waals surface area contributed by atoms with Crippen molar-refractivity contribution in [2.75, 3.05) is 12.5 Å². The number of furan rings is 1. The van der Waals surface area contributed by atoms with Gasteiger partial charge in [-0.25, -0.2) is 4.98 Å². The Balaban J connectivity index is 1.75. The first-order chi connectivity index (χ1) is 10.8. The molecule has 0 saturated heterocycles. The monoisotopic (exact) mass is 313 g/mol. The number of methoxy groups -OCH3 is 1. The van der Waals surface area contributed by atoms with E-state index < -0.39 is 0 Å². The van der Waals surface area contributed by atoms with Gasteiger partial charge >= 0.3 is 0 Å². The standard InChI is InChI=1S/C16H15N3O2S/c1-11-15(12-5-7-13(20-2)8-6-12)18-16(22-11)19-17-10-14-4-3-9-21-14/h3-10H,1-2H3,(H,18,19)/b17-10+. The molecule has 0 amide bonds. The van der Waals surface area contributed by atoms with Gasteiger partial charge in [-0.15, -0.1) is 11.3 Å². The first-order valence-corrected chi connectivity index (χ1v) is 7.52. The maximum absolute atomic E-state index is 5.17. The fraction of sp³-hybridized carbons (Fsp3) is 0.125. The fourth-order valence-electron chi connectivity index (χ4n) is 1.98. The Morgan fingerprint density at radius 1 is 1.27 bits per heavy atom.